The average Bonchev–Trinajstić information content (AvgIpc) is 3.46. The zero-order valence-corrected chi connectivity index (χ0v) is 29.2. The standard InChI is InChI=1S/C35H49N5O7/c1-10-11-13-24(30-36-23-15-14-22(46-17-12-16-38(8)9)18-25(23)40(30)32(43)44)37-31(42)29-21(2)28-26(19-35(6,7)20-27(28)41)39(29)33(45)47-34(3,4)5/h14-15,18,24H,10-13,16-17,19-20H2,1-9H3,(H,37,42)(H,43,44)/t24-/m0/s1. The second-order valence-corrected chi connectivity index (χ2v) is 14.5. The van der Waals surface area contributed by atoms with Crippen molar-refractivity contribution in [3.63, 3.8) is 0 Å². The fourth-order valence-electron chi connectivity index (χ4n) is 6.18. The van der Waals surface area contributed by atoms with Crippen molar-refractivity contribution >= 4 is 34.9 Å². The molecule has 1 aliphatic rings. The van der Waals surface area contributed by atoms with Crippen LogP contribution in [0.2, 0.25) is 0 Å². The molecule has 256 valence electrons. The summed E-state index contributed by atoms with van der Waals surface area (Å²) in [6.45, 7) is 14.1. The number of carbonyl (C=O) groups is 4. The SMILES string of the molecule is CCCC[C@H](NC(=O)c1c(C)c2c(n1C(=O)OC(C)(C)C)CC(C)(C)CC2=O)c1nc2ccc(OCCCN(C)C)cc2n1C(=O)O. The van der Waals surface area contributed by atoms with Gasteiger partial charge in [0, 0.05) is 30.3 Å². The predicted molar refractivity (Wildman–Crippen MR) is 179 cm³/mol. The second kappa shape index (κ2) is 13.9. The van der Waals surface area contributed by atoms with Gasteiger partial charge in [-0.2, -0.15) is 0 Å². The van der Waals surface area contributed by atoms with Gasteiger partial charge in [0.05, 0.1) is 23.7 Å². The summed E-state index contributed by atoms with van der Waals surface area (Å²) in [5.74, 6) is -0.0965. The van der Waals surface area contributed by atoms with Crippen LogP contribution in [0, 0.1) is 12.3 Å². The Kier molecular flexibility index (Phi) is 10.5. The van der Waals surface area contributed by atoms with Crippen LogP contribution < -0.4 is 10.1 Å². The first-order valence-corrected chi connectivity index (χ1v) is 16.3. The van der Waals surface area contributed by atoms with E-state index in [0.29, 0.717) is 59.5 Å². The van der Waals surface area contributed by atoms with Gasteiger partial charge in [-0.15, -0.1) is 0 Å². The number of nitrogens with one attached hydrogen (secondary N) is 1. The molecule has 0 unspecified atom stereocenters. The number of aromatic nitrogens is 3. The quantitative estimate of drug-likeness (QED) is 0.219. The number of carboxylic acid groups (broad SMARTS) is 1. The van der Waals surface area contributed by atoms with E-state index in [9.17, 15) is 24.3 Å². The molecule has 12 heteroatoms. The van der Waals surface area contributed by atoms with Crippen LogP contribution in [0.25, 0.3) is 11.0 Å². The molecule has 0 spiro atoms. The average molecular weight is 652 g/mol. The lowest BCUT2D eigenvalue weighted by Crippen LogP contribution is -2.36. The zero-order valence-electron chi connectivity index (χ0n) is 29.2. The topological polar surface area (TPSA) is 145 Å². The number of imidazole rings is 1. The Bertz CT molecular complexity index is 1680. The summed E-state index contributed by atoms with van der Waals surface area (Å²) in [7, 11) is 3.97. The number of unbranched alkanes of at least 4 members (excludes halogenated alkanes) is 1. The Morgan fingerprint density at radius 3 is 2.45 bits per heavy atom. The normalized spacial score (nSPS) is 15.1. The van der Waals surface area contributed by atoms with Gasteiger partial charge in [-0.3, -0.25) is 9.59 Å². The highest BCUT2D eigenvalue weighted by atomic mass is 16.6. The molecule has 0 saturated carbocycles. The van der Waals surface area contributed by atoms with Gasteiger partial charge in [0.2, 0.25) is 0 Å². The summed E-state index contributed by atoms with van der Waals surface area (Å²) >= 11 is 0. The minimum Gasteiger partial charge on any atom is -0.493 e. The van der Waals surface area contributed by atoms with E-state index in [1.807, 2.05) is 34.9 Å². The van der Waals surface area contributed by atoms with E-state index in [4.69, 9.17) is 9.47 Å². The van der Waals surface area contributed by atoms with Crippen LogP contribution in [0.1, 0.15) is 118 Å². The third-order valence-electron chi connectivity index (χ3n) is 8.19. The van der Waals surface area contributed by atoms with E-state index in [-0.39, 0.29) is 23.7 Å². The van der Waals surface area contributed by atoms with Crippen molar-refractivity contribution in [2.24, 2.45) is 5.41 Å². The number of ketones is 1. The first-order valence-electron chi connectivity index (χ1n) is 16.3. The van der Waals surface area contributed by atoms with E-state index in [2.05, 4.69) is 15.2 Å². The fraction of sp³-hybridized carbons (Fsp3) is 0.571. The summed E-state index contributed by atoms with van der Waals surface area (Å²) < 4.78 is 13.9. The van der Waals surface area contributed by atoms with Crippen LogP contribution in [0.15, 0.2) is 18.2 Å². The second-order valence-electron chi connectivity index (χ2n) is 14.5. The summed E-state index contributed by atoms with van der Waals surface area (Å²) in [6.07, 6.45) is 1.33. The summed E-state index contributed by atoms with van der Waals surface area (Å²) in [6, 6.07) is 4.28. The minimum absolute atomic E-state index is 0.00296. The molecule has 0 saturated heterocycles. The summed E-state index contributed by atoms with van der Waals surface area (Å²) in [5, 5.41) is 13.4. The lowest BCUT2D eigenvalue weighted by Gasteiger charge is -2.30. The van der Waals surface area contributed by atoms with Crippen molar-refractivity contribution in [2.45, 2.75) is 98.6 Å². The molecule has 0 radical (unpaired) electrons. The molecule has 0 bridgehead atoms. The Labute approximate surface area is 276 Å². The van der Waals surface area contributed by atoms with Crippen LogP contribution >= 0.6 is 0 Å². The molecule has 1 aromatic carbocycles. The van der Waals surface area contributed by atoms with Gasteiger partial charge in [-0.25, -0.2) is 23.7 Å². The van der Waals surface area contributed by atoms with Crippen molar-refractivity contribution in [1.82, 2.24) is 24.3 Å². The molecule has 47 heavy (non-hydrogen) atoms. The first kappa shape index (κ1) is 35.7. The number of Topliss-reactive ketones (excluding diaryl/α,β-unsaturated/α-hetero) is 1. The lowest BCUT2D eigenvalue weighted by atomic mass is 9.75. The highest BCUT2D eigenvalue weighted by Crippen LogP contribution is 2.39. The molecule has 12 nitrogen and oxygen atoms in total. The van der Waals surface area contributed by atoms with E-state index < -0.39 is 35.2 Å². The van der Waals surface area contributed by atoms with E-state index >= 15 is 0 Å². The number of hydrogen-bond donors (Lipinski definition) is 2. The Morgan fingerprint density at radius 1 is 1.13 bits per heavy atom. The smallest absolute Gasteiger partial charge is 0.419 e. The monoisotopic (exact) mass is 651 g/mol. The largest absolute Gasteiger partial charge is 0.493 e. The third kappa shape index (κ3) is 8.04. The van der Waals surface area contributed by atoms with Crippen molar-refractivity contribution in [2.75, 3.05) is 27.2 Å². The van der Waals surface area contributed by atoms with Crippen LogP contribution in [0.3, 0.4) is 0 Å². The van der Waals surface area contributed by atoms with Gasteiger partial charge < -0.3 is 24.8 Å². The van der Waals surface area contributed by atoms with Crippen molar-refractivity contribution in [3.8, 4) is 5.75 Å². The maximum absolute atomic E-state index is 14.3. The predicted octanol–water partition coefficient (Wildman–Crippen LogP) is 6.60. The number of rotatable bonds is 11. The number of nitrogens with zero attached hydrogens (tertiary/aromatic N) is 4. The maximum atomic E-state index is 14.3. The lowest BCUT2D eigenvalue weighted by molar-refractivity contribution is 0.0518. The van der Waals surface area contributed by atoms with Crippen LogP contribution in [0.4, 0.5) is 9.59 Å². The molecule has 1 aliphatic carbocycles. The summed E-state index contributed by atoms with van der Waals surface area (Å²) in [5.41, 5.74) is 0.706. The molecule has 0 aliphatic heterocycles. The molecule has 2 aromatic heterocycles. The van der Waals surface area contributed by atoms with Gasteiger partial charge in [-0.05, 0) is 84.2 Å². The molecule has 1 amide bonds. The highest BCUT2D eigenvalue weighted by molar-refractivity contribution is 6.07. The van der Waals surface area contributed by atoms with Gasteiger partial charge in [-0.1, -0.05) is 33.6 Å². The number of amides is 1. The Morgan fingerprint density at radius 2 is 1.83 bits per heavy atom. The number of hydrogen-bond acceptors (Lipinski definition) is 8. The molecule has 3 aromatic rings. The van der Waals surface area contributed by atoms with E-state index in [1.165, 1.54) is 4.57 Å². The zero-order chi connectivity index (χ0) is 34.8. The number of benzene rings is 1. The van der Waals surface area contributed by atoms with Crippen LogP contribution in [-0.2, 0) is 11.2 Å². The Balaban J connectivity index is 1.78. The van der Waals surface area contributed by atoms with Crippen LogP contribution in [0.5, 0.6) is 5.75 Å². The van der Waals surface area contributed by atoms with Crippen molar-refractivity contribution in [1.29, 1.82) is 0 Å². The highest BCUT2D eigenvalue weighted by Gasteiger charge is 2.41. The maximum Gasteiger partial charge on any atom is 0.419 e. The fourth-order valence-corrected chi connectivity index (χ4v) is 6.18. The first-order chi connectivity index (χ1) is 21.9. The molecular formula is C35H49N5O7. The summed E-state index contributed by atoms with van der Waals surface area (Å²) in [4.78, 5) is 60.8. The number of fused-ring (bicyclic) bond motifs is 2. The van der Waals surface area contributed by atoms with E-state index in [1.54, 1.807) is 45.9 Å². The third-order valence-corrected chi connectivity index (χ3v) is 8.19. The van der Waals surface area contributed by atoms with Gasteiger partial charge in [0.25, 0.3) is 5.91 Å². The molecule has 4 rings (SSSR count). The number of ether oxygens (including phenoxy) is 2. The molecule has 1 atom stereocenters. The van der Waals surface area contributed by atoms with E-state index in [0.717, 1.165) is 24.0 Å². The molecular weight excluding hydrogens is 602 g/mol. The van der Waals surface area contributed by atoms with Gasteiger partial charge in [0.15, 0.2) is 5.78 Å². The van der Waals surface area contributed by atoms with Crippen molar-refractivity contribution < 1.29 is 33.8 Å². The minimum atomic E-state index is -1.25. The number of carbonyl (C=O) groups excluding carboxylic acids is 3. The van der Waals surface area contributed by atoms with Gasteiger partial charge >= 0.3 is 12.2 Å². The molecule has 2 N–H and O–H groups in total. The van der Waals surface area contributed by atoms with Gasteiger partial charge in [0.1, 0.15) is 22.9 Å². The molecule has 2 heterocycles. The molecule has 0 fully saturated rings. The van der Waals surface area contributed by atoms with Crippen molar-refractivity contribution in [3.05, 3.63) is 46.5 Å². The van der Waals surface area contributed by atoms with Crippen LogP contribution in [-0.4, -0.2) is 80.8 Å². The Hall–Kier alpha value is -4.19.